The Morgan fingerprint density at radius 1 is 1.50 bits per heavy atom. The molecule has 0 bridgehead atoms. The average molecular weight is 268 g/mol. The quantitative estimate of drug-likeness (QED) is 0.815. The number of nitrogens with two attached hydrogens (primary N) is 1. The number of hydrogen-bond acceptors (Lipinski definition) is 3. The summed E-state index contributed by atoms with van der Waals surface area (Å²) in [5.41, 5.74) is 5.65. The minimum absolute atomic E-state index is 0.184. The average Bonchev–Trinajstić information content (AvgIpc) is 2.38. The summed E-state index contributed by atoms with van der Waals surface area (Å²) in [4.78, 5) is 28.9. The summed E-state index contributed by atoms with van der Waals surface area (Å²) in [6.07, 6.45) is 3.04. The van der Waals surface area contributed by atoms with Crippen LogP contribution in [0, 0.1) is 5.92 Å². The molecular weight excluding hydrogens is 254 g/mol. The fourth-order valence-corrected chi connectivity index (χ4v) is 2.31. The maximum Gasteiger partial charge on any atom is 0.257 e. The van der Waals surface area contributed by atoms with E-state index in [4.69, 9.17) is 17.3 Å². The summed E-state index contributed by atoms with van der Waals surface area (Å²) in [6.45, 7) is 0.979. The molecule has 18 heavy (non-hydrogen) atoms. The maximum absolute atomic E-state index is 12.2. The van der Waals surface area contributed by atoms with E-state index in [2.05, 4.69) is 4.98 Å². The fourth-order valence-electron chi connectivity index (χ4n) is 2.11. The SMILES string of the molecule is NC(=O)[C@@H]1CCCN(C(=O)c2cccnc2Cl)C1. The number of aromatic nitrogens is 1. The van der Waals surface area contributed by atoms with Crippen LogP contribution in [-0.4, -0.2) is 34.8 Å². The van der Waals surface area contributed by atoms with Crippen molar-refractivity contribution in [3.8, 4) is 0 Å². The minimum Gasteiger partial charge on any atom is -0.369 e. The van der Waals surface area contributed by atoms with E-state index in [1.54, 1.807) is 17.0 Å². The van der Waals surface area contributed by atoms with Crippen molar-refractivity contribution in [2.45, 2.75) is 12.8 Å². The number of halogens is 1. The molecule has 0 saturated carbocycles. The van der Waals surface area contributed by atoms with Crippen LogP contribution in [0.1, 0.15) is 23.2 Å². The summed E-state index contributed by atoms with van der Waals surface area (Å²) in [7, 11) is 0. The minimum atomic E-state index is -0.357. The summed E-state index contributed by atoms with van der Waals surface area (Å²) in [5, 5.41) is 0.184. The molecule has 0 unspecified atom stereocenters. The molecule has 0 aromatic carbocycles. The van der Waals surface area contributed by atoms with E-state index in [0.29, 0.717) is 18.7 Å². The Morgan fingerprint density at radius 3 is 2.94 bits per heavy atom. The molecular formula is C12H14ClN3O2. The van der Waals surface area contributed by atoms with Gasteiger partial charge in [-0.2, -0.15) is 0 Å². The Bertz CT molecular complexity index is 478. The molecule has 0 radical (unpaired) electrons. The Balaban J connectivity index is 2.14. The number of likely N-dealkylation sites (tertiary alicyclic amines) is 1. The van der Waals surface area contributed by atoms with Gasteiger partial charge in [0, 0.05) is 19.3 Å². The number of rotatable bonds is 2. The largest absolute Gasteiger partial charge is 0.369 e. The summed E-state index contributed by atoms with van der Waals surface area (Å²) in [6, 6.07) is 3.29. The monoisotopic (exact) mass is 267 g/mol. The van der Waals surface area contributed by atoms with Gasteiger partial charge in [0.25, 0.3) is 5.91 Å². The predicted molar refractivity (Wildman–Crippen MR) is 67.1 cm³/mol. The van der Waals surface area contributed by atoms with E-state index < -0.39 is 0 Å². The third-order valence-electron chi connectivity index (χ3n) is 3.10. The lowest BCUT2D eigenvalue weighted by atomic mass is 9.97. The van der Waals surface area contributed by atoms with Crippen LogP contribution >= 0.6 is 11.6 Å². The number of carbonyl (C=O) groups is 2. The van der Waals surface area contributed by atoms with Gasteiger partial charge in [0.1, 0.15) is 5.15 Å². The second-order valence-electron chi connectivity index (χ2n) is 4.33. The molecule has 2 heterocycles. The van der Waals surface area contributed by atoms with Crippen molar-refractivity contribution in [2.24, 2.45) is 11.7 Å². The molecule has 2 rings (SSSR count). The second kappa shape index (κ2) is 5.35. The van der Waals surface area contributed by atoms with Crippen LogP contribution in [0.25, 0.3) is 0 Å². The predicted octanol–water partition coefficient (Wildman–Crippen LogP) is 1.07. The van der Waals surface area contributed by atoms with Crippen molar-refractivity contribution in [1.82, 2.24) is 9.88 Å². The highest BCUT2D eigenvalue weighted by atomic mass is 35.5. The third kappa shape index (κ3) is 2.61. The number of carbonyl (C=O) groups excluding carboxylic acids is 2. The fraction of sp³-hybridized carbons (Fsp3) is 0.417. The molecule has 1 aliphatic heterocycles. The van der Waals surface area contributed by atoms with Crippen molar-refractivity contribution in [3.05, 3.63) is 29.0 Å². The summed E-state index contributed by atoms with van der Waals surface area (Å²) >= 11 is 5.89. The molecule has 2 N–H and O–H groups in total. The Morgan fingerprint density at radius 2 is 2.28 bits per heavy atom. The zero-order valence-electron chi connectivity index (χ0n) is 9.80. The van der Waals surface area contributed by atoms with Gasteiger partial charge in [0.05, 0.1) is 11.5 Å². The first-order valence-electron chi connectivity index (χ1n) is 5.78. The number of nitrogens with zero attached hydrogens (tertiary/aromatic N) is 2. The molecule has 1 aromatic rings. The lowest BCUT2D eigenvalue weighted by Crippen LogP contribution is -2.44. The van der Waals surface area contributed by atoms with Gasteiger partial charge >= 0.3 is 0 Å². The van der Waals surface area contributed by atoms with Crippen LogP contribution in [0.5, 0.6) is 0 Å². The molecule has 1 fully saturated rings. The van der Waals surface area contributed by atoms with Crippen LogP contribution in [0.4, 0.5) is 0 Å². The second-order valence-corrected chi connectivity index (χ2v) is 4.69. The maximum atomic E-state index is 12.2. The Kier molecular flexibility index (Phi) is 3.81. The van der Waals surface area contributed by atoms with Gasteiger partial charge in [-0.05, 0) is 25.0 Å². The molecule has 1 aromatic heterocycles. The third-order valence-corrected chi connectivity index (χ3v) is 3.40. The first-order valence-corrected chi connectivity index (χ1v) is 6.16. The normalized spacial score (nSPS) is 19.6. The summed E-state index contributed by atoms with van der Waals surface area (Å²) < 4.78 is 0. The first-order chi connectivity index (χ1) is 8.59. The zero-order chi connectivity index (χ0) is 13.1. The van der Waals surface area contributed by atoms with Crippen molar-refractivity contribution in [3.63, 3.8) is 0 Å². The Hall–Kier alpha value is -1.62. The topological polar surface area (TPSA) is 76.3 Å². The molecule has 96 valence electrons. The Labute approximate surface area is 110 Å². The van der Waals surface area contributed by atoms with Gasteiger partial charge in [-0.15, -0.1) is 0 Å². The smallest absolute Gasteiger partial charge is 0.257 e. The van der Waals surface area contributed by atoms with Crippen LogP contribution in [0.2, 0.25) is 5.15 Å². The van der Waals surface area contributed by atoms with Crippen molar-refractivity contribution in [1.29, 1.82) is 0 Å². The number of pyridine rings is 1. The standard InChI is InChI=1S/C12H14ClN3O2/c13-10-9(4-1-5-15-10)12(18)16-6-2-3-8(7-16)11(14)17/h1,4-5,8H,2-3,6-7H2,(H2,14,17)/t8-/m1/s1. The lowest BCUT2D eigenvalue weighted by Gasteiger charge is -2.31. The van der Waals surface area contributed by atoms with Gasteiger partial charge in [0.2, 0.25) is 5.91 Å². The zero-order valence-corrected chi connectivity index (χ0v) is 10.6. The van der Waals surface area contributed by atoms with E-state index in [9.17, 15) is 9.59 Å². The molecule has 2 amide bonds. The van der Waals surface area contributed by atoms with Crippen molar-refractivity contribution < 1.29 is 9.59 Å². The van der Waals surface area contributed by atoms with E-state index in [0.717, 1.165) is 12.8 Å². The highest BCUT2D eigenvalue weighted by Crippen LogP contribution is 2.20. The summed E-state index contributed by atoms with van der Waals surface area (Å²) in [5.74, 6) is -0.818. The van der Waals surface area contributed by atoms with Gasteiger partial charge in [-0.25, -0.2) is 4.98 Å². The number of hydrogen-bond donors (Lipinski definition) is 1. The van der Waals surface area contributed by atoms with Gasteiger partial charge in [-0.1, -0.05) is 11.6 Å². The van der Waals surface area contributed by atoms with E-state index in [1.807, 2.05) is 0 Å². The lowest BCUT2D eigenvalue weighted by molar-refractivity contribution is -0.123. The van der Waals surface area contributed by atoms with Crippen LogP contribution in [0.15, 0.2) is 18.3 Å². The van der Waals surface area contributed by atoms with Crippen LogP contribution < -0.4 is 5.73 Å². The van der Waals surface area contributed by atoms with Crippen LogP contribution in [-0.2, 0) is 4.79 Å². The molecule has 1 aliphatic rings. The highest BCUT2D eigenvalue weighted by Gasteiger charge is 2.28. The molecule has 1 saturated heterocycles. The van der Waals surface area contributed by atoms with Crippen molar-refractivity contribution in [2.75, 3.05) is 13.1 Å². The van der Waals surface area contributed by atoms with Crippen LogP contribution in [0.3, 0.4) is 0 Å². The molecule has 1 atom stereocenters. The molecule has 0 spiro atoms. The van der Waals surface area contributed by atoms with E-state index >= 15 is 0 Å². The highest BCUT2D eigenvalue weighted by molar-refractivity contribution is 6.32. The number of primary amides is 1. The molecule has 5 nitrogen and oxygen atoms in total. The van der Waals surface area contributed by atoms with Gasteiger partial charge in [0.15, 0.2) is 0 Å². The van der Waals surface area contributed by atoms with Gasteiger partial charge in [-0.3, -0.25) is 9.59 Å². The number of piperidine rings is 1. The van der Waals surface area contributed by atoms with E-state index in [-0.39, 0.29) is 22.9 Å². The van der Waals surface area contributed by atoms with Crippen molar-refractivity contribution >= 4 is 23.4 Å². The van der Waals surface area contributed by atoms with E-state index in [1.165, 1.54) is 6.20 Å². The molecule has 6 heteroatoms. The first kappa shape index (κ1) is 12.8. The number of amides is 2. The molecule has 0 aliphatic carbocycles. The van der Waals surface area contributed by atoms with Gasteiger partial charge < -0.3 is 10.6 Å².